The number of rotatable bonds is 2. The van der Waals surface area contributed by atoms with Crippen molar-refractivity contribution in [1.29, 1.82) is 0 Å². The van der Waals surface area contributed by atoms with E-state index in [1.165, 1.54) is 36.5 Å². The van der Waals surface area contributed by atoms with Crippen molar-refractivity contribution >= 4 is 23.3 Å². The molecule has 0 fully saturated rings. The van der Waals surface area contributed by atoms with E-state index < -0.39 is 11.9 Å². The van der Waals surface area contributed by atoms with Crippen LogP contribution in [0.1, 0.15) is 10.4 Å². The Labute approximate surface area is 101 Å². The summed E-state index contributed by atoms with van der Waals surface area (Å²) in [5.74, 6) is -0.936. The van der Waals surface area contributed by atoms with Gasteiger partial charge in [0.1, 0.15) is 11.0 Å². The average molecular weight is 252 g/mol. The number of hydrogen-bond acceptors (Lipinski definition) is 3. The molecule has 0 radical (unpaired) electrons. The molecule has 6 heteroatoms. The van der Waals surface area contributed by atoms with Crippen LogP contribution in [0.25, 0.3) is 0 Å². The first-order valence-corrected chi connectivity index (χ1v) is 5.08. The van der Waals surface area contributed by atoms with E-state index in [-0.39, 0.29) is 5.82 Å². The third-order valence-corrected chi connectivity index (χ3v) is 2.17. The van der Waals surface area contributed by atoms with Gasteiger partial charge >= 0.3 is 0 Å². The van der Waals surface area contributed by atoms with Crippen molar-refractivity contribution in [2.45, 2.75) is 0 Å². The number of aromatic nitrogens is 2. The molecule has 2 aromatic heterocycles. The molecule has 1 amide bonds. The summed E-state index contributed by atoms with van der Waals surface area (Å²) in [4.78, 5) is 19.0. The van der Waals surface area contributed by atoms with Crippen molar-refractivity contribution in [3.05, 3.63) is 53.2 Å². The first-order chi connectivity index (χ1) is 8.15. The molecule has 4 nitrogen and oxygen atoms in total. The van der Waals surface area contributed by atoms with E-state index in [1.54, 1.807) is 0 Å². The molecule has 0 aliphatic heterocycles. The zero-order valence-corrected chi connectivity index (χ0v) is 9.28. The minimum atomic E-state index is -0.656. The third-order valence-electron chi connectivity index (χ3n) is 1.95. The van der Waals surface area contributed by atoms with Gasteiger partial charge in [-0.2, -0.15) is 4.39 Å². The highest BCUT2D eigenvalue weighted by molar-refractivity contribution is 6.29. The molecule has 0 aromatic carbocycles. The highest BCUT2D eigenvalue weighted by Gasteiger charge is 2.07. The maximum absolute atomic E-state index is 12.8. The van der Waals surface area contributed by atoms with Crippen LogP contribution in [-0.2, 0) is 0 Å². The summed E-state index contributed by atoms with van der Waals surface area (Å²) in [5, 5.41) is 2.74. The van der Waals surface area contributed by atoms with Gasteiger partial charge in [0.2, 0.25) is 5.95 Å². The van der Waals surface area contributed by atoms with Gasteiger partial charge in [0.25, 0.3) is 5.91 Å². The Kier molecular flexibility index (Phi) is 3.30. The fraction of sp³-hybridized carbons (Fsp3) is 0. The summed E-state index contributed by atoms with van der Waals surface area (Å²) in [6.07, 6.45) is 1.33. The predicted octanol–water partition coefficient (Wildman–Crippen LogP) is 2.52. The number of carbonyl (C=O) groups is 1. The van der Waals surface area contributed by atoms with Crippen molar-refractivity contribution in [2.24, 2.45) is 0 Å². The molecule has 0 aliphatic rings. The Hall–Kier alpha value is -2.01. The molecule has 0 saturated heterocycles. The molecule has 2 heterocycles. The van der Waals surface area contributed by atoms with Crippen LogP contribution in [0.5, 0.6) is 0 Å². The Morgan fingerprint density at radius 3 is 2.76 bits per heavy atom. The molecule has 86 valence electrons. The molecule has 1 N–H and O–H groups in total. The second-order valence-electron chi connectivity index (χ2n) is 3.17. The Bertz CT molecular complexity index is 545. The van der Waals surface area contributed by atoms with E-state index in [2.05, 4.69) is 15.3 Å². The SMILES string of the molecule is O=C(Nc1cccc(F)n1)c1ccc(Cl)nc1. The van der Waals surface area contributed by atoms with Gasteiger partial charge in [-0.25, -0.2) is 9.97 Å². The fourth-order valence-electron chi connectivity index (χ4n) is 1.18. The average Bonchev–Trinajstić information content (AvgIpc) is 2.29. The molecule has 17 heavy (non-hydrogen) atoms. The van der Waals surface area contributed by atoms with Gasteiger partial charge in [-0.3, -0.25) is 4.79 Å². The highest BCUT2D eigenvalue weighted by Crippen LogP contribution is 2.09. The van der Waals surface area contributed by atoms with E-state index in [0.29, 0.717) is 10.7 Å². The monoisotopic (exact) mass is 251 g/mol. The van der Waals surface area contributed by atoms with Crippen molar-refractivity contribution in [2.75, 3.05) is 5.32 Å². The molecule has 2 aromatic rings. The molecule has 0 atom stereocenters. The van der Waals surface area contributed by atoms with Crippen molar-refractivity contribution in [1.82, 2.24) is 9.97 Å². The van der Waals surface area contributed by atoms with Crippen LogP contribution in [0.2, 0.25) is 5.15 Å². The molecular weight excluding hydrogens is 245 g/mol. The molecule has 0 aliphatic carbocycles. The second kappa shape index (κ2) is 4.88. The molecule has 0 spiro atoms. The quantitative estimate of drug-likeness (QED) is 0.835. The van der Waals surface area contributed by atoms with Crippen LogP contribution in [0.3, 0.4) is 0 Å². The first-order valence-electron chi connectivity index (χ1n) is 4.70. The minimum Gasteiger partial charge on any atom is -0.306 e. The number of hydrogen-bond donors (Lipinski definition) is 1. The van der Waals surface area contributed by atoms with Gasteiger partial charge in [0.15, 0.2) is 0 Å². The normalized spacial score (nSPS) is 10.0. The van der Waals surface area contributed by atoms with E-state index in [4.69, 9.17) is 11.6 Å². The third kappa shape index (κ3) is 2.98. The van der Waals surface area contributed by atoms with Crippen LogP contribution >= 0.6 is 11.6 Å². The number of nitrogens with zero attached hydrogens (tertiary/aromatic N) is 2. The largest absolute Gasteiger partial charge is 0.306 e. The van der Waals surface area contributed by atoms with Gasteiger partial charge in [0.05, 0.1) is 5.56 Å². The van der Waals surface area contributed by atoms with Crippen LogP contribution < -0.4 is 5.32 Å². The van der Waals surface area contributed by atoms with Gasteiger partial charge in [-0.15, -0.1) is 0 Å². The van der Waals surface area contributed by atoms with E-state index >= 15 is 0 Å². The maximum atomic E-state index is 12.8. The summed E-state index contributed by atoms with van der Waals surface area (Å²) in [6.45, 7) is 0. The van der Waals surface area contributed by atoms with Crippen LogP contribution in [0, 0.1) is 5.95 Å². The van der Waals surface area contributed by atoms with Crippen molar-refractivity contribution in [3.8, 4) is 0 Å². The van der Waals surface area contributed by atoms with E-state index in [9.17, 15) is 9.18 Å². The van der Waals surface area contributed by atoms with Crippen LogP contribution in [0.15, 0.2) is 36.5 Å². The fourth-order valence-corrected chi connectivity index (χ4v) is 1.29. The summed E-state index contributed by atoms with van der Waals surface area (Å²) in [5.41, 5.74) is 0.320. The summed E-state index contributed by atoms with van der Waals surface area (Å²) >= 11 is 5.59. The lowest BCUT2D eigenvalue weighted by molar-refractivity contribution is 0.102. The van der Waals surface area contributed by atoms with E-state index in [0.717, 1.165) is 0 Å². The predicted molar refractivity (Wildman–Crippen MR) is 61.4 cm³/mol. The molecular formula is C11H7ClFN3O. The zero-order chi connectivity index (χ0) is 12.3. The number of amides is 1. The standard InChI is InChI=1S/C11H7ClFN3O/c12-8-5-4-7(6-14-8)11(17)16-10-3-1-2-9(13)15-10/h1-6H,(H,15,16,17). The lowest BCUT2D eigenvalue weighted by Crippen LogP contribution is -2.13. The van der Waals surface area contributed by atoms with E-state index in [1.807, 2.05) is 0 Å². The molecule has 0 bridgehead atoms. The van der Waals surface area contributed by atoms with Gasteiger partial charge in [-0.05, 0) is 24.3 Å². The number of anilines is 1. The first kappa shape index (κ1) is 11.5. The Morgan fingerprint density at radius 2 is 2.12 bits per heavy atom. The van der Waals surface area contributed by atoms with Crippen molar-refractivity contribution < 1.29 is 9.18 Å². The Balaban J connectivity index is 2.14. The highest BCUT2D eigenvalue weighted by atomic mass is 35.5. The molecule has 0 unspecified atom stereocenters. The van der Waals surface area contributed by atoms with Gasteiger partial charge in [0, 0.05) is 6.20 Å². The molecule has 0 saturated carbocycles. The zero-order valence-electron chi connectivity index (χ0n) is 8.52. The Morgan fingerprint density at radius 1 is 1.29 bits per heavy atom. The summed E-state index contributed by atoms with van der Waals surface area (Å²) in [7, 11) is 0. The number of carbonyl (C=O) groups excluding carboxylic acids is 1. The van der Waals surface area contributed by atoms with Gasteiger partial charge in [-0.1, -0.05) is 17.7 Å². The number of halogens is 2. The minimum absolute atomic E-state index is 0.143. The smallest absolute Gasteiger partial charge is 0.258 e. The lowest BCUT2D eigenvalue weighted by Gasteiger charge is -2.03. The molecule has 2 rings (SSSR count). The topological polar surface area (TPSA) is 54.9 Å². The van der Waals surface area contributed by atoms with Gasteiger partial charge < -0.3 is 5.32 Å². The second-order valence-corrected chi connectivity index (χ2v) is 3.56. The summed E-state index contributed by atoms with van der Waals surface area (Å²) in [6, 6.07) is 7.15. The van der Waals surface area contributed by atoms with Crippen LogP contribution in [-0.4, -0.2) is 15.9 Å². The van der Waals surface area contributed by atoms with Crippen LogP contribution in [0.4, 0.5) is 10.2 Å². The number of pyridine rings is 2. The maximum Gasteiger partial charge on any atom is 0.258 e. The number of nitrogens with one attached hydrogen (secondary N) is 1. The lowest BCUT2D eigenvalue weighted by atomic mass is 10.2. The summed E-state index contributed by atoms with van der Waals surface area (Å²) < 4.78 is 12.8. The van der Waals surface area contributed by atoms with Crippen molar-refractivity contribution in [3.63, 3.8) is 0 Å².